The Balaban J connectivity index is 1.39. The standard InChI is InChI=1S/C22H29N3O2/c1-24(2)20-14-15-25(17-20)19-12-10-18(11-13-19)23-22(26)9-6-16-27-21-7-4-3-5-8-21/h3-5,7-8,10-13,20H,6,9,14-17H2,1-2H3,(H,23,26). The van der Waals surface area contributed by atoms with Gasteiger partial charge in [-0.1, -0.05) is 18.2 Å². The quantitative estimate of drug-likeness (QED) is 0.724. The number of amides is 1. The maximum absolute atomic E-state index is 12.1. The van der Waals surface area contributed by atoms with Gasteiger partial charge >= 0.3 is 0 Å². The Morgan fingerprint density at radius 2 is 1.89 bits per heavy atom. The topological polar surface area (TPSA) is 44.8 Å². The van der Waals surface area contributed by atoms with Crippen molar-refractivity contribution in [3.8, 4) is 5.75 Å². The van der Waals surface area contributed by atoms with Crippen LogP contribution in [-0.2, 0) is 4.79 Å². The van der Waals surface area contributed by atoms with E-state index >= 15 is 0 Å². The molecule has 144 valence electrons. The Bertz CT molecular complexity index is 716. The lowest BCUT2D eigenvalue weighted by molar-refractivity contribution is -0.116. The zero-order chi connectivity index (χ0) is 19.1. The highest BCUT2D eigenvalue weighted by molar-refractivity contribution is 5.90. The largest absolute Gasteiger partial charge is 0.494 e. The molecular formula is C22H29N3O2. The van der Waals surface area contributed by atoms with Crippen molar-refractivity contribution in [2.24, 2.45) is 0 Å². The third-order valence-corrected chi connectivity index (χ3v) is 4.97. The second-order valence-corrected chi connectivity index (χ2v) is 7.21. The Labute approximate surface area is 161 Å². The van der Waals surface area contributed by atoms with Crippen LogP contribution in [0.5, 0.6) is 5.75 Å². The summed E-state index contributed by atoms with van der Waals surface area (Å²) in [7, 11) is 4.27. The van der Waals surface area contributed by atoms with Gasteiger partial charge in [0.25, 0.3) is 0 Å². The Hall–Kier alpha value is -2.53. The van der Waals surface area contributed by atoms with Crippen molar-refractivity contribution in [3.63, 3.8) is 0 Å². The van der Waals surface area contributed by atoms with E-state index < -0.39 is 0 Å². The van der Waals surface area contributed by atoms with E-state index in [1.54, 1.807) is 0 Å². The van der Waals surface area contributed by atoms with Gasteiger partial charge in [0.2, 0.25) is 5.91 Å². The molecule has 1 heterocycles. The summed E-state index contributed by atoms with van der Waals surface area (Å²) in [5.74, 6) is 0.861. The summed E-state index contributed by atoms with van der Waals surface area (Å²) in [6, 6.07) is 18.4. The maximum Gasteiger partial charge on any atom is 0.224 e. The summed E-state index contributed by atoms with van der Waals surface area (Å²) in [5.41, 5.74) is 2.06. The van der Waals surface area contributed by atoms with Crippen LogP contribution in [0, 0.1) is 0 Å². The molecule has 1 fully saturated rings. The molecule has 1 N–H and O–H groups in total. The normalized spacial score (nSPS) is 16.6. The molecule has 1 amide bonds. The van der Waals surface area contributed by atoms with Gasteiger partial charge in [-0.15, -0.1) is 0 Å². The van der Waals surface area contributed by atoms with Gasteiger partial charge in [0.1, 0.15) is 5.75 Å². The van der Waals surface area contributed by atoms with Gasteiger partial charge in [-0.2, -0.15) is 0 Å². The van der Waals surface area contributed by atoms with Crippen molar-refractivity contribution in [2.45, 2.75) is 25.3 Å². The first-order valence-corrected chi connectivity index (χ1v) is 9.61. The van der Waals surface area contributed by atoms with Crippen molar-refractivity contribution in [1.29, 1.82) is 0 Å². The molecule has 0 saturated carbocycles. The molecule has 0 aliphatic carbocycles. The minimum Gasteiger partial charge on any atom is -0.494 e. The van der Waals surface area contributed by atoms with E-state index in [0.717, 1.165) is 24.5 Å². The predicted molar refractivity (Wildman–Crippen MR) is 111 cm³/mol. The molecular weight excluding hydrogens is 338 g/mol. The van der Waals surface area contributed by atoms with E-state index in [0.29, 0.717) is 25.5 Å². The summed E-state index contributed by atoms with van der Waals surface area (Å²) in [5, 5.41) is 2.96. The number of carbonyl (C=O) groups excluding carboxylic acids is 1. The fourth-order valence-electron chi connectivity index (χ4n) is 3.32. The highest BCUT2D eigenvalue weighted by Gasteiger charge is 2.23. The molecule has 0 spiro atoms. The van der Waals surface area contributed by atoms with Crippen LogP contribution in [-0.4, -0.2) is 50.6 Å². The van der Waals surface area contributed by atoms with Gasteiger partial charge in [-0.3, -0.25) is 4.79 Å². The van der Waals surface area contributed by atoms with Gasteiger partial charge in [-0.05, 0) is 63.3 Å². The number of ether oxygens (including phenoxy) is 1. The summed E-state index contributed by atoms with van der Waals surface area (Å²) in [6.45, 7) is 2.68. The van der Waals surface area contributed by atoms with Crippen LogP contribution in [0.3, 0.4) is 0 Å². The minimum atomic E-state index is 0.0215. The van der Waals surface area contributed by atoms with E-state index in [2.05, 4.69) is 41.3 Å². The first-order valence-electron chi connectivity index (χ1n) is 9.61. The molecule has 3 rings (SSSR count). The Kier molecular flexibility index (Phi) is 6.71. The number of hydrogen-bond acceptors (Lipinski definition) is 4. The number of carbonyl (C=O) groups is 1. The second-order valence-electron chi connectivity index (χ2n) is 7.21. The van der Waals surface area contributed by atoms with E-state index in [4.69, 9.17) is 4.74 Å². The molecule has 1 atom stereocenters. The van der Waals surface area contributed by atoms with Crippen LogP contribution in [0.1, 0.15) is 19.3 Å². The van der Waals surface area contributed by atoms with Gasteiger partial charge < -0.3 is 19.9 Å². The van der Waals surface area contributed by atoms with Gasteiger partial charge in [-0.25, -0.2) is 0 Å². The van der Waals surface area contributed by atoms with Crippen LogP contribution < -0.4 is 15.0 Å². The lowest BCUT2D eigenvalue weighted by Crippen LogP contribution is -2.31. The van der Waals surface area contributed by atoms with Crippen LogP contribution in [0.25, 0.3) is 0 Å². The fourth-order valence-corrected chi connectivity index (χ4v) is 3.32. The highest BCUT2D eigenvalue weighted by atomic mass is 16.5. The summed E-state index contributed by atoms with van der Waals surface area (Å²) in [4.78, 5) is 16.8. The van der Waals surface area contributed by atoms with E-state index in [-0.39, 0.29) is 5.91 Å². The van der Waals surface area contributed by atoms with Crippen LogP contribution >= 0.6 is 0 Å². The minimum absolute atomic E-state index is 0.0215. The number of rotatable bonds is 8. The molecule has 5 heteroatoms. The van der Waals surface area contributed by atoms with Gasteiger partial charge in [0, 0.05) is 36.9 Å². The summed E-state index contributed by atoms with van der Waals surface area (Å²) < 4.78 is 5.62. The number of nitrogens with zero attached hydrogens (tertiary/aromatic N) is 2. The molecule has 1 unspecified atom stereocenters. The van der Waals surface area contributed by atoms with Crippen molar-refractivity contribution < 1.29 is 9.53 Å². The van der Waals surface area contributed by atoms with Crippen molar-refractivity contribution in [3.05, 3.63) is 54.6 Å². The van der Waals surface area contributed by atoms with Crippen molar-refractivity contribution in [1.82, 2.24) is 4.90 Å². The number of hydrogen-bond donors (Lipinski definition) is 1. The molecule has 0 aromatic heterocycles. The Morgan fingerprint density at radius 3 is 2.56 bits per heavy atom. The van der Waals surface area contributed by atoms with Crippen LogP contribution in [0.4, 0.5) is 11.4 Å². The van der Waals surface area contributed by atoms with Crippen LogP contribution in [0.2, 0.25) is 0 Å². The molecule has 1 aliphatic rings. The number of nitrogens with one attached hydrogen (secondary N) is 1. The van der Waals surface area contributed by atoms with E-state index in [9.17, 15) is 4.79 Å². The average molecular weight is 367 g/mol. The molecule has 2 aromatic carbocycles. The molecule has 0 radical (unpaired) electrons. The predicted octanol–water partition coefficient (Wildman–Crippen LogP) is 3.62. The number of anilines is 2. The average Bonchev–Trinajstić information content (AvgIpc) is 3.17. The zero-order valence-corrected chi connectivity index (χ0v) is 16.2. The first kappa shape index (κ1) is 19.2. The van der Waals surface area contributed by atoms with Gasteiger partial charge in [0.15, 0.2) is 0 Å². The number of benzene rings is 2. The summed E-state index contributed by atoms with van der Waals surface area (Å²) in [6.07, 6.45) is 2.33. The number of likely N-dealkylation sites (N-methyl/N-ethyl adjacent to an activating group) is 1. The Morgan fingerprint density at radius 1 is 1.15 bits per heavy atom. The number of para-hydroxylation sites is 1. The smallest absolute Gasteiger partial charge is 0.224 e. The van der Waals surface area contributed by atoms with E-state index in [1.165, 1.54) is 12.1 Å². The van der Waals surface area contributed by atoms with Crippen molar-refractivity contribution in [2.75, 3.05) is 44.0 Å². The van der Waals surface area contributed by atoms with Crippen LogP contribution in [0.15, 0.2) is 54.6 Å². The highest BCUT2D eigenvalue weighted by Crippen LogP contribution is 2.23. The third-order valence-electron chi connectivity index (χ3n) is 4.97. The second kappa shape index (κ2) is 9.42. The van der Waals surface area contributed by atoms with Gasteiger partial charge in [0.05, 0.1) is 6.61 Å². The maximum atomic E-state index is 12.1. The molecule has 0 bridgehead atoms. The zero-order valence-electron chi connectivity index (χ0n) is 16.2. The monoisotopic (exact) mass is 367 g/mol. The molecule has 27 heavy (non-hydrogen) atoms. The molecule has 1 aliphatic heterocycles. The van der Waals surface area contributed by atoms with Crippen molar-refractivity contribution >= 4 is 17.3 Å². The molecule has 1 saturated heterocycles. The van der Waals surface area contributed by atoms with E-state index in [1.807, 2.05) is 42.5 Å². The molecule has 2 aromatic rings. The lowest BCUT2D eigenvalue weighted by Gasteiger charge is -2.22. The SMILES string of the molecule is CN(C)C1CCN(c2ccc(NC(=O)CCCOc3ccccc3)cc2)C1. The lowest BCUT2D eigenvalue weighted by atomic mass is 10.2. The first-order chi connectivity index (χ1) is 13.1. The fraction of sp³-hybridized carbons (Fsp3) is 0.409. The molecule has 5 nitrogen and oxygen atoms in total. The summed E-state index contributed by atoms with van der Waals surface area (Å²) >= 11 is 0. The third kappa shape index (κ3) is 5.73.